The molecule has 0 unspecified atom stereocenters. The summed E-state index contributed by atoms with van der Waals surface area (Å²) in [6.45, 7) is -0.671. The van der Waals surface area contributed by atoms with Gasteiger partial charge in [-0.05, 0) is 0 Å². The number of aliphatic hydroxyl groups excluding tert-OH is 4. The molecule has 31 heavy (non-hydrogen) atoms. The summed E-state index contributed by atoms with van der Waals surface area (Å²) < 4.78 is 27.6. The average Bonchev–Trinajstić information content (AvgIpc) is 3.18. The Balaban J connectivity index is 0.000000259. The van der Waals surface area contributed by atoms with Crippen molar-refractivity contribution in [2.45, 2.75) is 12.2 Å². The number of carbonyl (C=O) groups is 1. The van der Waals surface area contributed by atoms with Gasteiger partial charge in [-0.15, -0.1) is 0 Å². The molecule has 1 aliphatic heterocycles. The number of hydrogen-bond donors (Lipinski definition) is 4. The molecule has 0 fully saturated rings. The first-order chi connectivity index (χ1) is 14.1. The van der Waals surface area contributed by atoms with Gasteiger partial charge in [-0.1, -0.05) is 0 Å². The van der Waals surface area contributed by atoms with Crippen LogP contribution in [-0.2, 0) is 40.5 Å². The summed E-state index contributed by atoms with van der Waals surface area (Å²) in [7, 11) is 2.11. The Morgan fingerprint density at radius 2 is 1.65 bits per heavy atom. The SMILES string of the molecule is CS(C)(=O)=O.Cn1c(=O)c2c(ncn2C)n(C)c1=O.O=C1O[C@H]([C@@H](O)CO)C(O)=C1O. The highest BCUT2D eigenvalue weighted by molar-refractivity contribution is 7.89. The molecule has 3 rings (SSSR count). The zero-order valence-electron chi connectivity index (χ0n) is 17.4. The number of carbonyl (C=O) groups excluding carboxylic acids is 1. The summed E-state index contributed by atoms with van der Waals surface area (Å²) in [5.74, 6) is -2.78. The highest BCUT2D eigenvalue weighted by Crippen LogP contribution is 2.20. The van der Waals surface area contributed by atoms with Crippen LogP contribution in [-0.4, -0.2) is 84.8 Å². The van der Waals surface area contributed by atoms with Gasteiger partial charge in [0.15, 0.2) is 23.0 Å². The molecule has 1 aliphatic rings. The Morgan fingerprint density at radius 3 is 2.06 bits per heavy atom. The fourth-order valence-electron chi connectivity index (χ4n) is 2.29. The van der Waals surface area contributed by atoms with Crippen LogP contribution in [0, 0.1) is 0 Å². The molecule has 0 spiro atoms. The molecule has 0 amide bonds. The summed E-state index contributed by atoms with van der Waals surface area (Å²) in [6, 6.07) is 0. The molecule has 15 heteroatoms. The first kappa shape index (κ1) is 25.9. The summed E-state index contributed by atoms with van der Waals surface area (Å²) in [6.07, 6.45) is 1.06. The first-order valence-electron chi connectivity index (χ1n) is 8.45. The van der Waals surface area contributed by atoms with Gasteiger partial charge < -0.3 is 29.7 Å². The number of sulfone groups is 1. The van der Waals surface area contributed by atoms with Gasteiger partial charge in [-0.25, -0.2) is 23.0 Å². The van der Waals surface area contributed by atoms with Gasteiger partial charge in [0, 0.05) is 33.7 Å². The molecule has 174 valence electrons. The summed E-state index contributed by atoms with van der Waals surface area (Å²) in [5, 5.41) is 35.0. The highest BCUT2D eigenvalue weighted by atomic mass is 32.2. The summed E-state index contributed by atoms with van der Waals surface area (Å²) in [4.78, 5) is 37.7. The minimum absolute atomic E-state index is 0.317. The smallest absolute Gasteiger partial charge is 0.377 e. The van der Waals surface area contributed by atoms with E-state index in [1.54, 1.807) is 18.7 Å². The Morgan fingerprint density at radius 1 is 1.13 bits per heavy atom. The third-order valence-electron chi connectivity index (χ3n) is 3.79. The van der Waals surface area contributed by atoms with Gasteiger partial charge in [0.05, 0.1) is 12.9 Å². The predicted molar refractivity (Wildman–Crippen MR) is 107 cm³/mol. The quantitative estimate of drug-likeness (QED) is 0.335. The minimum Gasteiger partial charge on any atom is -0.505 e. The van der Waals surface area contributed by atoms with Crippen molar-refractivity contribution < 1.29 is 38.4 Å². The average molecular weight is 464 g/mol. The molecule has 0 radical (unpaired) electrons. The molecule has 2 aromatic heterocycles. The molecule has 0 bridgehead atoms. The van der Waals surface area contributed by atoms with Crippen LogP contribution in [0.15, 0.2) is 27.4 Å². The fraction of sp³-hybridized carbons (Fsp3) is 0.500. The Kier molecular flexibility index (Phi) is 8.14. The van der Waals surface area contributed by atoms with E-state index < -0.39 is 46.1 Å². The molecule has 0 aromatic carbocycles. The van der Waals surface area contributed by atoms with Crippen LogP contribution in [0.3, 0.4) is 0 Å². The topological polar surface area (TPSA) is 203 Å². The third kappa shape index (κ3) is 6.16. The van der Waals surface area contributed by atoms with Crippen LogP contribution < -0.4 is 11.2 Å². The van der Waals surface area contributed by atoms with E-state index in [0.29, 0.717) is 11.2 Å². The van der Waals surface area contributed by atoms with Gasteiger partial charge in [0.2, 0.25) is 5.76 Å². The zero-order chi connectivity index (χ0) is 24.3. The van der Waals surface area contributed by atoms with Crippen LogP contribution >= 0.6 is 0 Å². The number of cyclic esters (lactones) is 1. The Hall–Kier alpha value is -3.17. The van der Waals surface area contributed by atoms with Crippen molar-refractivity contribution in [2.75, 3.05) is 19.1 Å². The fourth-order valence-corrected chi connectivity index (χ4v) is 2.29. The molecular formula is C16H24N4O10S. The Labute approximate surface area is 175 Å². The third-order valence-corrected chi connectivity index (χ3v) is 3.79. The van der Waals surface area contributed by atoms with E-state index in [0.717, 1.165) is 17.1 Å². The van der Waals surface area contributed by atoms with E-state index in [9.17, 15) is 22.8 Å². The maximum Gasteiger partial charge on any atom is 0.377 e. The van der Waals surface area contributed by atoms with Gasteiger partial charge in [-0.2, -0.15) is 0 Å². The number of esters is 1. The maximum absolute atomic E-state index is 11.7. The van der Waals surface area contributed by atoms with Crippen molar-refractivity contribution in [3.8, 4) is 0 Å². The molecule has 2 atom stereocenters. The van der Waals surface area contributed by atoms with Crippen molar-refractivity contribution >= 4 is 27.0 Å². The van der Waals surface area contributed by atoms with Crippen molar-refractivity contribution in [1.82, 2.24) is 18.7 Å². The largest absolute Gasteiger partial charge is 0.505 e. The second-order valence-electron chi connectivity index (χ2n) is 6.69. The number of aromatic nitrogens is 4. The lowest BCUT2D eigenvalue weighted by Gasteiger charge is -2.13. The Bertz CT molecular complexity index is 1210. The van der Waals surface area contributed by atoms with Crippen LogP contribution in [0.5, 0.6) is 0 Å². The van der Waals surface area contributed by atoms with Gasteiger partial charge >= 0.3 is 11.7 Å². The number of fused-ring (bicyclic) bond motifs is 1. The highest BCUT2D eigenvalue weighted by Gasteiger charge is 2.38. The standard InChI is InChI=1S/C8H10N4O2.C6H8O6.C2H6O2S/c1-10-4-9-6-5(10)7(13)12(3)8(14)11(6)2;7-1-2(8)5-3(9)4(10)6(11)12-5;1-5(2,3)4/h4H,1-3H3;2,5,7-10H,1H2;1-2H3/t;2-,5+;/m.0./s1. The molecule has 0 saturated heterocycles. The molecule has 4 N–H and O–H groups in total. The van der Waals surface area contributed by atoms with Gasteiger partial charge in [0.25, 0.3) is 5.56 Å². The zero-order valence-corrected chi connectivity index (χ0v) is 18.2. The number of aliphatic hydroxyl groups is 4. The maximum atomic E-state index is 11.7. The molecular weight excluding hydrogens is 440 g/mol. The van der Waals surface area contributed by atoms with Crippen LogP contribution in [0.1, 0.15) is 0 Å². The number of rotatable bonds is 2. The van der Waals surface area contributed by atoms with Gasteiger partial charge in [0.1, 0.15) is 15.9 Å². The minimum atomic E-state index is -2.67. The van der Waals surface area contributed by atoms with Crippen LogP contribution in [0.25, 0.3) is 11.2 Å². The summed E-state index contributed by atoms with van der Waals surface area (Å²) in [5.41, 5.74) is 0.180. The lowest BCUT2D eigenvalue weighted by atomic mass is 10.2. The molecule has 0 aliphatic carbocycles. The van der Waals surface area contributed by atoms with E-state index in [-0.39, 0.29) is 11.2 Å². The van der Waals surface area contributed by atoms with E-state index in [1.165, 1.54) is 17.9 Å². The van der Waals surface area contributed by atoms with Crippen molar-refractivity contribution in [3.63, 3.8) is 0 Å². The normalized spacial score (nSPS) is 16.9. The van der Waals surface area contributed by atoms with E-state index in [4.69, 9.17) is 20.4 Å². The van der Waals surface area contributed by atoms with Crippen molar-refractivity contribution in [3.05, 3.63) is 38.7 Å². The predicted octanol–water partition coefficient (Wildman–Crippen LogP) is -2.78. The monoisotopic (exact) mass is 464 g/mol. The van der Waals surface area contributed by atoms with Gasteiger partial charge in [-0.3, -0.25) is 13.9 Å². The van der Waals surface area contributed by atoms with Crippen molar-refractivity contribution in [1.29, 1.82) is 0 Å². The summed E-state index contributed by atoms with van der Waals surface area (Å²) >= 11 is 0. The first-order valence-corrected chi connectivity index (χ1v) is 10.8. The second-order valence-corrected chi connectivity index (χ2v) is 8.97. The number of hydrogen-bond acceptors (Lipinski definition) is 11. The molecule has 0 saturated carbocycles. The lowest BCUT2D eigenvalue weighted by Crippen LogP contribution is -2.37. The number of ether oxygens (including phenoxy) is 1. The van der Waals surface area contributed by atoms with E-state index in [2.05, 4.69) is 9.72 Å². The van der Waals surface area contributed by atoms with Crippen LogP contribution in [0.4, 0.5) is 0 Å². The van der Waals surface area contributed by atoms with E-state index >= 15 is 0 Å². The number of imidazole rings is 1. The molecule has 2 aromatic rings. The van der Waals surface area contributed by atoms with E-state index in [1.807, 2.05) is 0 Å². The lowest BCUT2D eigenvalue weighted by molar-refractivity contribution is -0.147. The molecule has 14 nitrogen and oxygen atoms in total. The van der Waals surface area contributed by atoms with Crippen LogP contribution in [0.2, 0.25) is 0 Å². The van der Waals surface area contributed by atoms with Crippen molar-refractivity contribution in [2.24, 2.45) is 21.1 Å². The molecule has 3 heterocycles. The number of nitrogens with zero attached hydrogens (tertiary/aromatic N) is 4. The number of aryl methyl sites for hydroxylation is 2. The second kappa shape index (κ2) is 9.76.